The number of nitrogens with zero attached hydrogens (tertiary/aromatic N) is 3. The van der Waals surface area contributed by atoms with E-state index in [2.05, 4.69) is 21.2 Å². The first-order chi connectivity index (χ1) is 7.92. The summed E-state index contributed by atoms with van der Waals surface area (Å²) in [5, 5.41) is 7.45. The Morgan fingerprint density at radius 2 is 2.25 bits per heavy atom. The number of para-hydroxylation sites is 1. The molecule has 16 heavy (non-hydrogen) atoms. The molecule has 2 heterocycles. The summed E-state index contributed by atoms with van der Waals surface area (Å²) in [7, 11) is 0. The van der Waals surface area contributed by atoms with Crippen molar-refractivity contribution in [3.8, 4) is 0 Å². The van der Waals surface area contributed by atoms with Crippen molar-refractivity contribution >= 4 is 33.3 Å². The fraction of sp³-hybridized carbons (Fsp3) is 0.100. The van der Waals surface area contributed by atoms with Gasteiger partial charge in [-0.1, -0.05) is 23.9 Å². The second-order valence-corrected chi connectivity index (χ2v) is 5.32. The Morgan fingerprint density at radius 3 is 3.06 bits per heavy atom. The molecule has 0 saturated heterocycles. The summed E-state index contributed by atoms with van der Waals surface area (Å²) in [5.41, 5.74) is 1.04. The van der Waals surface area contributed by atoms with Gasteiger partial charge in [0.05, 0.1) is 16.0 Å². The van der Waals surface area contributed by atoms with Crippen LogP contribution in [0, 0.1) is 0 Å². The molecular weight excluding hydrogens is 242 g/mol. The molecule has 0 atom stereocenters. The molecule has 4 nitrogen and oxygen atoms in total. The molecule has 0 fully saturated rings. The molecule has 0 unspecified atom stereocenters. The van der Waals surface area contributed by atoms with E-state index in [0.717, 1.165) is 9.86 Å². The number of thiazole rings is 1. The van der Waals surface area contributed by atoms with Crippen molar-refractivity contribution in [2.24, 2.45) is 0 Å². The molecule has 6 heteroatoms. The van der Waals surface area contributed by atoms with Gasteiger partial charge in [0.1, 0.15) is 0 Å². The van der Waals surface area contributed by atoms with E-state index in [1.165, 1.54) is 11.1 Å². The fourth-order valence-corrected chi connectivity index (χ4v) is 3.21. The molecule has 3 rings (SSSR count). The van der Waals surface area contributed by atoms with E-state index >= 15 is 0 Å². The summed E-state index contributed by atoms with van der Waals surface area (Å²) < 4.78 is 7.29. The summed E-state index contributed by atoms with van der Waals surface area (Å²) in [6, 6.07) is 8.10. The SMILES string of the molecule is c1ccc2sc(SCc3nnco3)nc2c1. The highest BCUT2D eigenvalue weighted by Gasteiger charge is 2.06. The largest absolute Gasteiger partial charge is 0.427 e. The third-order valence-electron chi connectivity index (χ3n) is 2.00. The van der Waals surface area contributed by atoms with E-state index in [0.29, 0.717) is 11.6 Å². The minimum Gasteiger partial charge on any atom is -0.427 e. The Bertz CT molecular complexity index is 558. The maximum absolute atomic E-state index is 5.06. The van der Waals surface area contributed by atoms with Gasteiger partial charge in [-0.2, -0.15) is 0 Å². The van der Waals surface area contributed by atoms with Crippen molar-refractivity contribution in [3.63, 3.8) is 0 Å². The van der Waals surface area contributed by atoms with E-state index in [1.54, 1.807) is 23.1 Å². The standard InChI is InChI=1S/C10H7N3OS2/c1-2-4-8-7(3-1)12-10(16-8)15-5-9-13-11-6-14-9/h1-4,6H,5H2. The Balaban J connectivity index is 1.79. The van der Waals surface area contributed by atoms with E-state index in [-0.39, 0.29) is 0 Å². The zero-order valence-electron chi connectivity index (χ0n) is 8.16. The van der Waals surface area contributed by atoms with Crippen LogP contribution in [0.1, 0.15) is 5.89 Å². The summed E-state index contributed by atoms with van der Waals surface area (Å²) in [5.74, 6) is 1.30. The van der Waals surface area contributed by atoms with Crippen LogP contribution in [0.3, 0.4) is 0 Å². The normalized spacial score (nSPS) is 11.0. The van der Waals surface area contributed by atoms with Crippen LogP contribution < -0.4 is 0 Å². The van der Waals surface area contributed by atoms with Crippen LogP contribution in [0.5, 0.6) is 0 Å². The van der Waals surface area contributed by atoms with Gasteiger partial charge in [-0.05, 0) is 12.1 Å². The highest BCUT2D eigenvalue weighted by Crippen LogP contribution is 2.30. The molecule has 0 aliphatic carbocycles. The average molecular weight is 249 g/mol. The smallest absolute Gasteiger partial charge is 0.226 e. The summed E-state index contributed by atoms with van der Waals surface area (Å²) in [6.45, 7) is 0. The number of rotatable bonds is 3. The van der Waals surface area contributed by atoms with E-state index in [1.807, 2.05) is 18.2 Å². The van der Waals surface area contributed by atoms with Crippen molar-refractivity contribution in [1.29, 1.82) is 0 Å². The minimum atomic E-state index is 0.629. The second-order valence-electron chi connectivity index (χ2n) is 3.07. The predicted octanol–water partition coefficient (Wildman–Crippen LogP) is 2.97. The first-order valence-electron chi connectivity index (χ1n) is 4.65. The lowest BCUT2D eigenvalue weighted by Crippen LogP contribution is -1.79. The maximum atomic E-state index is 5.06. The van der Waals surface area contributed by atoms with E-state index in [4.69, 9.17) is 4.42 Å². The van der Waals surface area contributed by atoms with Gasteiger partial charge in [-0.3, -0.25) is 0 Å². The van der Waals surface area contributed by atoms with Gasteiger partial charge in [0.2, 0.25) is 12.3 Å². The Labute approximate surface area is 99.7 Å². The highest BCUT2D eigenvalue weighted by molar-refractivity contribution is 8.00. The van der Waals surface area contributed by atoms with Gasteiger partial charge >= 0.3 is 0 Å². The van der Waals surface area contributed by atoms with Gasteiger partial charge in [-0.15, -0.1) is 21.5 Å². The average Bonchev–Trinajstić information content (AvgIpc) is 2.95. The second kappa shape index (κ2) is 4.23. The molecule has 0 N–H and O–H groups in total. The molecular formula is C10H7N3OS2. The van der Waals surface area contributed by atoms with Crippen LogP contribution in [-0.2, 0) is 5.75 Å². The van der Waals surface area contributed by atoms with Crippen LogP contribution in [0.2, 0.25) is 0 Å². The van der Waals surface area contributed by atoms with Crippen LogP contribution in [0.4, 0.5) is 0 Å². The highest BCUT2D eigenvalue weighted by atomic mass is 32.2. The van der Waals surface area contributed by atoms with Gasteiger partial charge < -0.3 is 4.42 Å². The first kappa shape index (κ1) is 9.80. The van der Waals surface area contributed by atoms with E-state index < -0.39 is 0 Å². The lowest BCUT2D eigenvalue weighted by atomic mass is 10.3. The molecule has 0 radical (unpaired) electrons. The molecule has 80 valence electrons. The van der Waals surface area contributed by atoms with Crippen molar-refractivity contribution in [1.82, 2.24) is 15.2 Å². The van der Waals surface area contributed by atoms with E-state index in [9.17, 15) is 0 Å². The van der Waals surface area contributed by atoms with Crippen molar-refractivity contribution < 1.29 is 4.42 Å². The molecule has 3 aromatic rings. The molecule has 0 amide bonds. The number of fused-ring (bicyclic) bond motifs is 1. The van der Waals surface area contributed by atoms with Crippen molar-refractivity contribution in [3.05, 3.63) is 36.5 Å². The summed E-state index contributed by atoms with van der Waals surface area (Å²) in [4.78, 5) is 4.50. The lowest BCUT2D eigenvalue weighted by molar-refractivity contribution is 0.514. The summed E-state index contributed by atoms with van der Waals surface area (Å²) in [6.07, 6.45) is 1.34. The predicted molar refractivity (Wildman–Crippen MR) is 63.5 cm³/mol. The lowest BCUT2D eigenvalue weighted by Gasteiger charge is -1.89. The maximum Gasteiger partial charge on any atom is 0.226 e. The van der Waals surface area contributed by atoms with Gasteiger partial charge in [0.25, 0.3) is 0 Å². The third kappa shape index (κ3) is 1.94. The number of benzene rings is 1. The van der Waals surface area contributed by atoms with Gasteiger partial charge in [0.15, 0.2) is 4.34 Å². The molecule has 1 aromatic carbocycles. The Kier molecular flexibility index (Phi) is 2.59. The topological polar surface area (TPSA) is 51.8 Å². The molecule has 0 aliphatic rings. The molecule has 0 bridgehead atoms. The fourth-order valence-electron chi connectivity index (χ4n) is 1.30. The van der Waals surface area contributed by atoms with Crippen LogP contribution in [0.15, 0.2) is 39.4 Å². The Morgan fingerprint density at radius 1 is 1.31 bits per heavy atom. The minimum absolute atomic E-state index is 0.629. The third-order valence-corrected chi connectivity index (χ3v) is 4.16. The number of aromatic nitrogens is 3. The zero-order valence-corrected chi connectivity index (χ0v) is 9.79. The van der Waals surface area contributed by atoms with Gasteiger partial charge in [-0.25, -0.2) is 4.98 Å². The monoisotopic (exact) mass is 249 g/mol. The number of thioether (sulfide) groups is 1. The van der Waals surface area contributed by atoms with Gasteiger partial charge in [0, 0.05) is 0 Å². The zero-order chi connectivity index (χ0) is 10.8. The van der Waals surface area contributed by atoms with Crippen LogP contribution >= 0.6 is 23.1 Å². The first-order valence-corrected chi connectivity index (χ1v) is 6.45. The molecule has 0 aliphatic heterocycles. The van der Waals surface area contributed by atoms with Crippen molar-refractivity contribution in [2.45, 2.75) is 10.1 Å². The van der Waals surface area contributed by atoms with Crippen LogP contribution in [0.25, 0.3) is 10.2 Å². The quantitative estimate of drug-likeness (QED) is 0.668. The summed E-state index contributed by atoms with van der Waals surface area (Å²) >= 11 is 3.30. The van der Waals surface area contributed by atoms with Crippen LogP contribution in [-0.4, -0.2) is 15.2 Å². The van der Waals surface area contributed by atoms with Crippen molar-refractivity contribution in [2.75, 3.05) is 0 Å². The Hall–Kier alpha value is -1.40. The molecule has 0 saturated carbocycles. The molecule has 0 spiro atoms. The number of hydrogen-bond acceptors (Lipinski definition) is 6. The molecule has 2 aromatic heterocycles. The number of hydrogen-bond donors (Lipinski definition) is 0.